The lowest BCUT2D eigenvalue weighted by Crippen LogP contribution is -2.15. The van der Waals surface area contributed by atoms with Gasteiger partial charge in [-0.15, -0.1) is 0 Å². The van der Waals surface area contributed by atoms with Crippen molar-refractivity contribution in [3.8, 4) is 0 Å². The van der Waals surface area contributed by atoms with E-state index in [4.69, 9.17) is 5.73 Å². The SMILES string of the molecule is [NH]CCNC=O. The molecule has 1 radical (unpaired) electrons. The van der Waals surface area contributed by atoms with Crippen molar-refractivity contribution in [1.29, 1.82) is 0 Å². The van der Waals surface area contributed by atoms with Crippen LogP contribution in [0.15, 0.2) is 0 Å². The molecule has 0 rings (SSSR count). The maximum Gasteiger partial charge on any atom is 0.207 e. The van der Waals surface area contributed by atoms with Gasteiger partial charge in [0, 0.05) is 13.1 Å². The zero-order chi connectivity index (χ0) is 4.83. The van der Waals surface area contributed by atoms with Crippen LogP contribution in [0, 0.1) is 0 Å². The number of carbonyl (C=O) groups excluding carboxylic acids is 1. The number of carbonyl (C=O) groups is 1. The van der Waals surface area contributed by atoms with Gasteiger partial charge in [-0.05, 0) is 0 Å². The van der Waals surface area contributed by atoms with Crippen LogP contribution in [-0.4, -0.2) is 19.5 Å². The molecule has 0 saturated carbocycles. The van der Waals surface area contributed by atoms with Gasteiger partial charge in [0.2, 0.25) is 6.41 Å². The molecule has 0 saturated heterocycles. The minimum Gasteiger partial charge on any atom is -0.357 e. The van der Waals surface area contributed by atoms with Gasteiger partial charge in [-0.2, -0.15) is 0 Å². The van der Waals surface area contributed by atoms with Crippen molar-refractivity contribution in [3.05, 3.63) is 0 Å². The Morgan fingerprint density at radius 3 is 2.67 bits per heavy atom. The van der Waals surface area contributed by atoms with Crippen LogP contribution in [0.5, 0.6) is 0 Å². The number of hydrogen-bond donors (Lipinski definition) is 1. The van der Waals surface area contributed by atoms with E-state index < -0.39 is 0 Å². The molecular formula is C3H7N2O. The first kappa shape index (κ1) is 5.43. The molecule has 6 heavy (non-hydrogen) atoms. The molecule has 35 valence electrons. The zero-order valence-corrected chi connectivity index (χ0v) is 3.40. The number of nitrogens with one attached hydrogen (secondary N) is 2. The summed E-state index contributed by atoms with van der Waals surface area (Å²) in [7, 11) is 0. The van der Waals surface area contributed by atoms with E-state index in [1.54, 1.807) is 0 Å². The van der Waals surface area contributed by atoms with Gasteiger partial charge in [-0.3, -0.25) is 10.5 Å². The van der Waals surface area contributed by atoms with Crippen molar-refractivity contribution < 1.29 is 4.79 Å². The van der Waals surface area contributed by atoms with Gasteiger partial charge in [-0.25, -0.2) is 0 Å². The molecule has 0 aromatic carbocycles. The second kappa shape index (κ2) is 4.43. The first-order valence-electron chi connectivity index (χ1n) is 1.73. The summed E-state index contributed by atoms with van der Waals surface area (Å²) in [5.74, 6) is 0. The van der Waals surface area contributed by atoms with E-state index in [0.717, 1.165) is 0 Å². The molecule has 0 heterocycles. The standard InChI is InChI=1S/C3H7N2O/c4-1-2-5-3-6/h3-4H,1-2H2,(H,5,6). The number of hydrogen-bond acceptors (Lipinski definition) is 1. The maximum absolute atomic E-state index is 9.37. The highest BCUT2D eigenvalue weighted by Crippen LogP contribution is 1.42. The van der Waals surface area contributed by atoms with Crippen molar-refractivity contribution in [1.82, 2.24) is 11.1 Å². The van der Waals surface area contributed by atoms with E-state index in [0.29, 0.717) is 13.0 Å². The molecule has 1 amide bonds. The summed E-state index contributed by atoms with van der Waals surface area (Å²) in [4.78, 5) is 9.37. The summed E-state index contributed by atoms with van der Waals surface area (Å²) >= 11 is 0. The highest BCUT2D eigenvalue weighted by molar-refractivity contribution is 5.45. The van der Waals surface area contributed by atoms with Gasteiger partial charge in [-0.1, -0.05) is 0 Å². The van der Waals surface area contributed by atoms with Gasteiger partial charge >= 0.3 is 0 Å². The van der Waals surface area contributed by atoms with Crippen molar-refractivity contribution in [2.45, 2.75) is 0 Å². The molecule has 0 bridgehead atoms. The van der Waals surface area contributed by atoms with Crippen molar-refractivity contribution in [2.24, 2.45) is 0 Å². The maximum atomic E-state index is 9.37. The van der Waals surface area contributed by atoms with E-state index in [9.17, 15) is 4.79 Å². The molecule has 2 N–H and O–H groups in total. The largest absolute Gasteiger partial charge is 0.357 e. The van der Waals surface area contributed by atoms with E-state index >= 15 is 0 Å². The van der Waals surface area contributed by atoms with Crippen LogP contribution < -0.4 is 11.1 Å². The lowest BCUT2D eigenvalue weighted by atomic mass is 10.7. The molecule has 0 spiro atoms. The van der Waals surface area contributed by atoms with Crippen LogP contribution in [0.1, 0.15) is 0 Å². The topological polar surface area (TPSA) is 52.9 Å². The Labute approximate surface area is 36.5 Å². The lowest BCUT2D eigenvalue weighted by molar-refractivity contribution is -0.109. The van der Waals surface area contributed by atoms with Crippen molar-refractivity contribution in [3.63, 3.8) is 0 Å². The molecule has 0 aromatic heterocycles. The Kier molecular flexibility index (Phi) is 4.01. The smallest absolute Gasteiger partial charge is 0.207 e. The number of rotatable bonds is 3. The average molecular weight is 87.1 g/mol. The highest BCUT2D eigenvalue weighted by Gasteiger charge is 1.70. The van der Waals surface area contributed by atoms with Gasteiger partial charge in [0.1, 0.15) is 0 Å². The summed E-state index contributed by atoms with van der Waals surface area (Å²) in [5.41, 5.74) is 6.48. The molecule has 3 nitrogen and oxygen atoms in total. The lowest BCUT2D eigenvalue weighted by Gasteiger charge is -1.85. The molecule has 0 aliphatic carbocycles. The minimum atomic E-state index is 0.263. The van der Waals surface area contributed by atoms with Crippen LogP contribution in [0.2, 0.25) is 0 Å². The van der Waals surface area contributed by atoms with Crippen LogP contribution >= 0.6 is 0 Å². The van der Waals surface area contributed by atoms with E-state index in [1.807, 2.05) is 0 Å². The quantitative estimate of drug-likeness (QED) is 0.349. The first-order valence-corrected chi connectivity index (χ1v) is 1.73. The number of amides is 1. The summed E-state index contributed by atoms with van der Waals surface area (Å²) in [5, 5.41) is 2.33. The van der Waals surface area contributed by atoms with Gasteiger partial charge in [0.05, 0.1) is 0 Å². The molecule has 0 unspecified atom stereocenters. The Bertz CT molecular complexity index is 37.8. The molecule has 0 fully saturated rings. The van der Waals surface area contributed by atoms with Crippen LogP contribution in [-0.2, 0) is 4.79 Å². The molecule has 0 atom stereocenters. The third-order valence-corrected chi connectivity index (χ3v) is 0.353. The Balaban J connectivity index is 2.49. The van der Waals surface area contributed by atoms with Crippen LogP contribution in [0.4, 0.5) is 0 Å². The average Bonchev–Trinajstić information content (AvgIpc) is 1.61. The predicted molar refractivity (Wildman–Crippen MR) is 22.0 cm³/mol. The molecule has 0 aromatic rings. The summed E-state index contributed by atoms with van der Waals surface area (Å²) < 4.78 is 0. The van der Waals surface area contributed by atoms with Crippen molar-refractivity contribution in [2.75, 3.05) is 13.1 Å². The van der Waals surface area contributed by atoms with Crippen LogP contribution in [0.3, 0.4) is 0 Å². The predicted octanol–water partition coefficient (Wildman–Crippen LogP) is -0.985. The monoisotopic (exact) mass is 87.1 g/mol. The van der Waals surface area contributed by atoms with Crippen LogP contribution in [0.25, 0.3) is 0 Å². The normalized spacial score (nSPS) is 7.50. The summed E-state index contributed by atoms with van der Waals surface area (Å²) in [6.45, 7) is 0.724. The second-order valence-corrected chi connectivity index (χ2v) is 0.822. The Morgan fingerprint density at radius 2 is 2.50 bits per heavy atom. The van der Waals surface area contributed by atoms with E-state index in [-0.39, 0.29) is 6.54 Å². The Hall–Kier alpha value is -0.570. The van der Waals surface area contributed by atoms with Gasteiger partial charge < -0.3 is 5.32 Å². The van der Waals surface area contributed by atoms with Crippen molar-refractivity contribution >= 4 is 6.41 Å². The molecule has 0 aliphatic heterocycles. The third-order valence-electron chi connectivity index (χ3n) is 0.353. The molecule has 3 heteroatoms. The first-order chi connectivity index (χ1) is 2.91. The minimum absolute atomic E-state index is 0.263. The van der Waals surface area contributed by atoms with Gasteiger partial charge in [0.25, 0.3) is 0 Å². The second-order valence-electron chi connectivity index (χ2n) is 0.822. The molecule has 0 aliphatic rings. The fraction of sp³-hybridized carbons (Fsp3) is 0.667. The van der Waals surface area contributed by atoms with E-state index in [1.165, 1.54) is 0 Å². The highest BCUT2D eigenvalue weighted by atomic mass is 16.1. The third kappa shape index (κ3) is 3.43. The fourth-order valence-electron chi connectivity index (χ4n) is 0.131. The molecular weight excluding hydrogens is 80.0 g/mol. The summed E-state index contributed by atoms with van der Waals surface area (Å²) in [6, 6.07) is 0. The Morgan fingerprint density at radius 1 is 1.83 bits per heavy atom. The van der Waals surface area contributed by atoms with Gasteiger partial charge in [0.15, 0.2) is 0 Å². The van der Waals surface area contributed by atoms with E-state index in [2.05, 4.69) is 5.32 Å². The summed E-state index contributed by atoms with van der Waals surface area (Å²) in [6.07, 6.45) is 0.592. The fourth-order valence-corrected chi connectivity index (χ4v) is 0.131. The zero-order valence-electron chi connectivity index (χ0n) is 3.40.